The number of aromatic nitrogens is 1. The zero-order chi connectivity index (χ0) is 16.4. The van der Waals surface area contributed by atoms with Gasteiger partial charge >= 0.3 is 0 Å². The Kier molecular flexibility index (Phi) is 4.30. The highest BCUT2D eigenvalue weighted by atomic mass is 16.5. The van der Waals surface area contributed by atoms with E-state index in [4.69, 9.17) is 4.74 Å². The SMILES string of the molecule is C[C@@H]1CO[C@@H](C)CN1C(=O)c1ccc(-c2ccccc2)[nH]c1=O. The van der Waals surface area contributed by atoms with Gasteiger partial charge in [0.1, 0.15) is 5.56 Å². The first-order chi connectivity index (χ1) is 11.1. The molecule has 0 saturated carbocycles. The number of pyridine rings is 1. The first kappa shape index (κ1) is 15.5. The average molecular weight is 312 g/mol. The fourth-order valence-corrected chi connectivity index (χ4v) is 2.77. The van der Waals surface area contributed by atoms with Crippen molar-refractivity contribution in [2.75, 3.05) is 13.2 Å². The molecule has 5 heteroatoms. The van der Waals surface area contributed by atoms with Crippen LogP contribution in [0, 0.1) is 0 Å². The van der Waals surface area contributed by atoms with E-state index < -0.39 is 0 Å². The van der Waals surface area contributed by atoms with Crippen molar-refractivity contribution in [1.82, 2.24) is 9.88 Å². The molecular formula is C18H20N2O3. The minimum atomic E-state index is -0.359. The maximum atomic E-state index is 12.7. The summed E-state index contributed by atoms with van der Waals surface area (Å²) in [6.45, 7) is 4.85. The van der Waals surface area contributed by atoms with Gasteiger partial charge in [0.2, 0.25) is 0 Å². The van der Waals surface area contributed by atoms with E-state index in [9.17, 15) is 9.59 Å². The van der Waals surface area contributed by atoms with E-state index in [1.54, 1.807) is 17.0 Å². The van der Waals surface area contributed by atoms with Crippen molar-refractivity contribution in [1.29, 1.82) is 0 Å². The van der Waals surface area contributed by atoms with Crippen LogP contribution in [0.1, 0.15) is 24.2 Å². The third kappa shape index (κ3) is 3.19. The molecule has 0 spiro atoms. The van der Waals surface area contributed by atoms with Crippen LogP contribution < -0.4 is 5.56 Å². The summed E-state index contributed by atoms with van der Waals surface area (Å²) in [6.07, 6.45) is -0.0159. The quantitative estimate of drug-likeness (QED) is 0.925. The molecule has 1 amide bonds. The number of morpholine rings is 1. The number of hydrogen-bond donors (Lipinski definition) is 1. The number of H-pyrrole nitrogens is 1. The van der Waals surface area contributed by atoms with Crippen molar-refractivity contribution in [3.8, 4) is 11.3 Å². The summed E-state index contributed by atoms with van der Waals surface area (Å²) in [5.74, 6) is -0.242. The number of amides is 1. The standard InChI is InChI=1S/C18H20N2O3/c1-12-11-23-13(2)10-20(12)18(22)15-8-9-16(19-17(15)21)14-6-4-3-5-7-14/h3-9,12-13H,10-11H2,1-2H3,(H,19,21)/t12-,13+/m1/s1. The Hall–Kier alpha value is -2.40. The molecule has 1 aliphatic heterocycles. The maximum absolute atomic E-state index is 12.7. The van der Waals surface area contributed by atoms with Gasteiger partial charge in [0.05, 0.1) is 18.8 Å². The lowest BCUT2D eigenvalue weighted by molar-refractivity contribution is -0.0387. The minimum Gasteiger partial charge on any atom is -0.375 e. The van der Waals surface area contributed by atoms with Gasteiger partial charge in [0.25, 0.3) is 11.5 Å². The van der Waals surface area contributed by atoms with Crippen LogP contribution in [0.15, 0.2) is 47.3 Å². The summed E-state index contributed by atoms with van der Waals surface area (Å²) in [4.78, 5) is 29.5. The Labute approximate surface area is 134 Å². The maximum Gasteiger partial charge on any atom is 0.261 e. The zero-order valence-corrected chi connectivity index (χ0v) is 13.3. The largest absolute Gasteiger partial charge is 0.375 e. The van der Waals surface area contributed by atoms with E-state index in [-0.39, 0.29) is 29.2 Å². The third-order valence-electron chi connectivity index (χ3n) is 4.09. The second-order valence-corrected chi connectivity index (χ2v) is 5.93. The van der Waals surface area contributed by atoms with E-state index in [0.717, 1.165) is 5.56 Å². The van der Waals surface area contributed by atoms with Crippen molar-refractivity contribution in [2.24, 2.45) is 0 Å². The summed E-state index contributed by atoms with van der Waals surface area (Å²) in [5.41, 5.74) is 1.43. The third-order valence-corrected chi connectivity index (χ3v) is 4.09. The molecule has 2 heterocycles. The number of ether oxygens (including phenoxy) is 1. The van der Waals surface area contributed by atoms with E-state index in [2.05, 4.69) is 4.98 Å². The van der Waals surface area contributed by atoms with E-state index in [0.29, 0.717) is 18.8 Å². The topological polar surface area (TPSA) is 62.4 Å². The molecule has 3 rings (SSSR count). The first-order valence-corrected chi connectivity index (χ1v) is 7.77. The number of hydrogen-bond acceptors (Lipinski definition) is 3. The lowest BCUT2D eigenvalue weighted by Gasteiger charge is -2.36. The van der Waals surface area contributed by atoms with Crippen molar-refractivity contribution in [3.05, 3.63) is 58.4 Å². The molecule has 0 aliphatic carbocycles. The second kappa shape index (κ2) is 6.38. The average Bonchev–Trinajstić information content (AvgIpc) is 2.57. The zero-order valence-electron chi connectivity index (χ0n) is 13.3. The van der Waals surface area contributed by atoms with Gasteiger partial charge in [-0.1, -0.05) is 30.3 Å². The van der Waals surface area contributed by atoms with Crippen LogP contribution in [-0.4, -0.2) is 41.1 Å². The highest BCUT2D eigenvalue weighted by Gasteiger charge is 2.29. The lowest BCUT2D eigenvalue weighted by atomic mass is 10.1. The molecule has 1 aromatic heterocycles. The lowest BCUT2D eigenvalue weighted by Crippen LogP contribution is -2.51. The number of nitrogens with one attached hydrogen (secondary N) is 1. The van der Waals surface area contributed by atoms with Gasteiger partial charge in [-0.15, -0.1) is 0 Å². The van der Waals surface area contributed by atoms with Gasteiger partial charge in [-0.25, -0.2) is 0 Å². The van der Waals surface area contributed by atoms with Gasteiger partial charge in [-0.2, -0.15) is 0 Å². The van der Waals surface area contributed by atoms with Gasteiger partial charge in [-0.05, 0) is 31.5 Å². The molecule has 23 heavy (non-hydrogen) atoms. The molecule has 0 bridgehead atoms. The van der Waals surface area contributed by atoms with Crippen LogP contribution in [0.4, 0.5) is 0 Å². The molecule has 1 fully saturated rings. The van der Waals surface area contributed by atoms with E-state index >= 15 is 0 Å². The number of carbonyl (C=O) groups is 1. The first-order valence-electron chi connectivity index (χ1n) is 7.77. The molecule has 2 aromatic rings. The van der Waals surface area contributed by atoms with Gasteiger partial charge < -0.3 is 14.6 Å². The van der Waals surface area contributed by atoms with Crippen LogP contribution in [0.2, 0.25) is 0 Å². The summed E-state index contributed by atoms with van der Waals surface area (Å²) in [6, 6.07) is 12.9. The number of carbonyl (C=O) groups excluding carboxylic acids is 1. The normalized spacial score (nSPS) is 21.2. The van der Waals surface area contributed by atoms with Crippen LogP contribution in [0.5, 0.6) is 0 Å². The van der Waals surface area contributed by atoms with Crippen LogP contribution in [0.3, 0.4) is 0 Å². The highest BCUT2D eigenvalue weighted by molar-refractivity contribution is 5.94. The van der Waals surface area contributed by atoms with Crippen LogP contribution in [-0.2, 0) is 4.74 Å². The Morgan fingerprint density at radius 3 is 2.61 bits per heavy atom. The van der Waals surface area contributed by atoms with Gasteiger partial charge in [0, 0.05) is 12.2 Å². The highest BCUT2D eigenvalue weighted by Crippen LogP contribution is 2.17. The Balaban J connectivity index is 1.89. The summed E-state index contributed by atoms with van der Waals surface area (Å²) in [7, 11) is 0. The molecule has 0 unspecified atom stereocenters. The summed E-state index contributed by atoms with van der Waals surface area (Å²) in [5, 5.41) is 0. The Morgan fingerprint density at radius 1 is 1.17 bits per heavy atom. The molecule has 1 N–H and O–H groups in total. The fourth-order valence-electron chi connectivity index (χ4n) is 2.77. The minimum absolute atomic E-state index is 0.0159. The smallest absolute Gasteiger partial charge is 0.261 e. The van der Waals surface area contributed by atoms with Gasteiger partial charge in [-0.3, -0.25) is 9.59 Å². The predicted octanol–water partition coefficient (Wildman–Crippen LogP) is 2.29. The fraction of sp³-hybridized carbons (Fsp3) is 0.333. The molecule has 5 nitrogen and oxygen atoms in total. The van der Waals surface area contributed by atoms with Crippen molar-refractivity contribution in [2.45, 2.75) is 26.0 Å². The Morgan fingerprint density at radius 2 is 1.91 bits per heavy atom. The van der Waals surface area contributed by atoms with E-state index in [1.165, 1.54) is 0 Å². The molecule has 1 aromatic carbocycles. The van der Waals surface area contributed by atoms with Gasteiger partial charge in [0.15, 0.2) is 0 Å². The summed E-state index contributed by atoms with van der Waals surface area (Å²) < 4.78 is 5.53. The molecule has 1 aliphatic rings. The number of aromatic amines is 1. The summed E-state index contributed by atoms with van der Waals surface area (Å²) >= 11 is 0. The number of benzene rings is 1. The van der Waals surface area contributed by atoms with Crippen molar-refractivity contribution >= 4 is 5.91 Å². The number of nitrogens with zero attached hydrogens (tertiary/aromatic N) is 1. The number of rotatable bonds is 2. The second-order valence-electron chi connectivity index (χ2n) is 5.93. The molecule has 1 saturated heterocycles. The predicted molar refractivity (Wildman–Crippen MR) is 88.4 cm³/mol. The van der Waals surface area contributed by atoms with Crippen LogP contribution in [0.25, 0.3) is 11.3 Å². The van der Waals surface area contributed by atoms with E-state index in [1.807, 2.05) is 44.2 Å². The monoisotopic (exact) mass is 312 g/mol. The van der Waals surface area contributed by atoms with Crippen LogP contribution >= 0.6 is 0 Å². The molecule has 2 atom stereocenters. The molecular weight excluding hydrogens is 292 g/mol. The molecule has 0 radical (unpaired) electrons. The van der Waals surface area contributed by atoms with Crippen molar-refractivity contribution in [3.63, 3.8) is 0 Å². The Bertz CT molecular complexity index is 754. The molecule has 120 valence electrons. The van der Waals surface area contributed by atoms with Crippen molar-refractivity contribution < 1.29 is 9.53 Å².